The highest BCUT2D eigenvalue weighted by molar-refractivity contribution is 5.51. The van der Waals surface area contributed by atoms with Crippen molar-refractivity contribution in [1.82, 2.24) is 15.5 Å². The van der Waals surface area contributed by atoms with Gasteiger partial charge in [-0.25, -0.2) is 0 Å². The van der Waals surface area contributed by atoms with Crippen LogP contribution in [0.15, 0.2) is 27.5 Å². The molecule has 0 radical (unpaired) electrons. The fourth-order valence-electron chi connectivity index (χ4n) is 2.15. The molecule has 0 aliphatic rings. The highest BCUT2D eigenvalue weighted by atomic mass is 16.5. The maximum absolute atomic E-state index is 5.40. The highest BCUT2D eigenvalue weighted by Gasteiger charge is 2.23. The van der Waals surface area contributed by atoms with Crippen LogP contribution in [0.5, 0.6) is 0 Å². The molecule has 0 aliphatic carbocycles. The molecule has 2 aromatic rings. The second-order valence-corrected chi connectivity index (χ2v) is 4.73. The molecule has 1 N–H and O–H groups in total. The minimum Gasteiger partial charge on any atom is -0.472 e. The van der Waals surface area contributed by atoms with Crippen LogP contribution in [0.3, 0.4) is 0 Å². The molecule has 0 spiro atoms. The largest absolute Gasteiger partial charge is 0.472 e. The maximum Gasteiger partial charge on any atom is 0.231 e. The van der Waals surface area contributed by atoms with Crippen LogP contribution in [0.25, 0.3) is 11.4 Å². The average Bonchev–Trinajstić information content (AvgIpc) is 3.07. The summed E-state index contributed by atoms with van der Waals surface area (Å²) in [5.74, 6) is 1.51. The Morgan fingerprint density at radius 2 is 2.21 bits per heavy atom. The molecule has 0 amide bonds. The van der Waals surface area contributed by atoms with Crippen LogP contribution in [0.2, 0.25) is 0 Å². The molecule has 0 saturated carbocycles. The van der Waals surface area contributed by atoms with Crippen LogP contribution in [0, 0.1) is 0 Å². The Labute approximate surface area is 113 Å². The first-order chi connectivity index (χ1) is 9.26. The smallest absolute Gasteiger partial charge is 0.231 e. The summed E-state index contributed by atoms with van der Waals surface area (Å²) in [6.45, 7) is 7.45. The van der Waals surface area contributed by atoms with Crippen molar-refractivity contribution < 1.29 is 8.94 Å². The zero-order valence-electron chi connectivity index (χ0n) is 11.7. The predicted octanol–water partition coefficient (Wildman–Crippen LogP) is 3.21. The van der Waals surface area contributed by atoms with Crippen molar-refractivity contribution in [2.45, 2.75) is 45.6 Å². The summed E-state index contributed by atoms with van der Waals surface area (Å²) < 4.78 is 10.4. The Morgan fingerprint density at radius 3 is 2.84 bits per heavy atom. The Morgan fingerprint density at radius 1 is 1.37 bits per heavy atom. The molecule has 0 fully saturated rings. The van der Waals surface area contributed by atoms with Gasteiger partial charge in [-0.1, -0.05) is 19.0 Å². The maximum atomic E-state index is 5.40. The quantitative estimate of drug-likeness (QED) is 0.831. The zero-order chi connectivity index (χ0) is 13.7. The van der Waals surface area contributed by atoms with Crippen molar-refractivity contribution in [2.75, 3.05) is 6.54 Å². The van der Waals surface area contributed by atoms with E-state index in [1.165, 1.54) is 0 Å². The molecule has 2 heterocycles. The van der Waals surface area contributed by atoms with Gasteiger partial charge in [0.15, 0.2) is 0 Å². The molecule has 2 unspecified atom stereocenters. The van der Waals surface area contributed by atoms with Gasteiger partial charge in [-0.2, -0.15) is 4.98 Å². The van der Waals surface area contributed by atoms with Crippen molar-refractivity contribution in [3.05, 3.63) is 24.5 Å². The van der Waals surface area contributed by atoms with E-state index < -0.39 is 0 Å². The summed E-state index contributed by atoms with van der Waals surface area (Å²) >= 11 is 0. The van der Waals surface area contributed by atoms with Gasteiger partial charge < -0.3 is 14.3 Å². The number of aromatic nitrogens is 2. The van der Waals surface area contributed by atoms with Gasteiger partial charge in [0.05, 0.1) is 17.7 Å². The topological polar surface area (TPSA) is 64.1 Å². The molecule has 5 nitrogen and oxygen atoms in total. The molecule has 2 rings (SSSR count). The second-order valence-electron chi connectivity index (χ2n) is 4.73. The summed E-state index contributed by atoms with van der Waals surface area (Å²) in [4.78, 5) is 4.48. The second kappa shape index (κ2) is 6.52. The van der Waals surface area contributed by atoms with Gasteiger partial charge >= 0.3 is 0 Å². The molecule has 104 valence electrons. The minimum atomic E-state index is 0.236. The van der Waals surface area contributed by atoms with E-state index in [4.69, 9.17) is 8.94 Å². The number of nitrogens with zero attached hydrogens (tertiary/aromatic N) is 2. The molecule has 0 aliphatic heterocycles. The van der Waals surface area contributed by atoms with Gasteiger partial charge in [-0.05, 0) is 32.4 Å². The molecule has 19 heavy (non-hydrogen) atoms. The van der Waals surface area contributed by atoms with Crippen molar-refractivity contribution in [3.63, 3.8) is 0 Å². The third-order valence-corrected chi connectivity index (χ3v) is 3.30. The van der Waals surface area contributed by atoms with E-state index in [1.54, 1.807) is 12.5 Å². The van der Waals surface area contributed by atoms with E-state index in [9.17, 15) is 0 Å². The van der Waals surface area contributed by atoms with E-state index in [2.05, 4.69) is 36.2 Å². The van der Waals surface area contributed by atoms with Crippen LogP contribution in [0.1, 0.15) is 45.4 Å². The van der Waals surface area contributed by atoms with E-state index in [0.717, 1.165) is 24.9 Å². The zero-order valence-corrected chi connectivity index (χ0v) is 11.7. The number of nitrogens with one attached hydrogen (secondary N) is 1. The fraction of sp³-hybridized carbons (Fsp3) is 0.571. The molecular formula is C14H21N3O2. The molecular weight excluding hydrogens is 242 g/mol. The van der Waals surface area contributed by atoms with Crippen LogP contribution in [-0.2, 0) is 0 Å². The molecule has 2 atom stereocenters. The Hall–Kier alpha value is -1.62. The lowest BCUT2D eigenvalue weighted by Crippen LogP contribution is -2.32. The first-order valence-electron chi connectivity index (χ1n) is 6.85. The van der Waals surface area contributed by atoms with Gasteiger partial charge in [0.1, 0.15) is 6.26 Å². The van der Waals surface area contributed by atoms with E-state index in [1.807, 2.05) is 6.07 Å². The first-order valence-corrected chi connectivity index (χ1v) is 6.85. The lowest BCUT2D eigenvalue weighted by atomic mass is 9.98. The Bertz CT molecular complexity index is 479. The summed E-state index contributed by atoms with van der Waals surface area (Å²) in [7, 11) is 0. The van der Waals surface area contributed by atoms with Gasteiger partial charge in [0.2, 0.25) is 11.7 Å². The summed E-state index contributed by atoms with van der Waals surface area (Å²) in [6, 6.07) is 2.15. The van der Waals surface area contributed by atoms with Gasteiger partial charge in [0.25, 0.3) is 0 Å². The predicted molar refractivity (Wildman–Crippen MR) is 72.8 cm³/mol. The summed E-state index contributed by atoms with van der Waals surface area (Å²) in [5.41, 5.74) is 0.846. The monoisotopic (exact) mass is 263 g/mol. The lowest BCUT2D eigenvalue weighted by Gasteiger charge is -2.20. The lowest BCUT2D eigenvalue weighted by molar-refractivity contribution is 0.316. The SMILES string of the molecule is CCCNC(C)C(CC)c1nc(-c2ccoc2)no1. The molecule has 2 aromatic heterocycles. The number of furan rings is 1. The van der Waals surface area contributed by atoms with Gasteiger partial charge in [-0.15, -0.1) is 0 Å². The van der Waals surface area contributed by atoms with Crippen LogP contribution >= 0.6 is 0 Å². The molecule has 0 bridgehead atoms. The van der Waals surface area contributed by atoms with Gasteiger partial charge in [0, 0.05) is 6.04 Å². The molecule has 5 heteroatoms. The Kier molecular flexibility index (Phi) is 4.74. The highest BCUT2D eigenvalue weighted by Crippen LogP contribution is 2.24. The van der Waals surface area contributed by atoms with Crippen molar-refractivity contribution in [2.24, 2.45) is 0 Å². The van der Waals surface area contributed by atoms with Crippen LogP contribution in [0.4, 0.5) is 0 Å². The first kappa shape index (κ1) is 13.8. The third kappa shape index (κ3) is 3.23. The van der Waals surface area contributed by atoms with Crippen molar-refractivity contribution in [1.29, 1.82) is 0 Å². The standard InChI is InChI=1S/C14H21N3O2/c1-4-7-15-10(3)12(5-2)14-16-13(17-19-14)11-6-8-18-9-11/h6,8-10,12,15H,4-5,7H2,1-3H3. The Balaban J connectivity index is 2.11. The number of hydrogen-bond acceptors (Lipinski definition) is 5. The number of hydrogen-bond donors (Lipinski definition) is 1. The van der Waals surface area contributed by atoms with E-state index in [0.29, 0.717) is 17.8 Å². The van der Waals surface area contributed by atoms with Crippen LogP contribution in [-0.4, -0.2) is 22.7 Å². The fourth-order valence-corrected chi connectivity index (χ4v) is 2.15. The van der Waals surface area contributed by atoms with E-state index >= 15 is 0 Å². The third-order valence-electron chi connectivity index (χ3n) is 3.30. The summed E-state index contributed by atoms with van der Waals surface area (Å²) in [5, 5.41) is 7.50. The summed E-state index contributed by atoms with van der Waals surface area (Å²) in [6.07, 6.45) is 5.30. The van der Waals surface area contributed by atoms with Crippen LogP contribution < -0.4 is 5.32 Å². The van der Waals surface area contributed by atoms with E-state index in [-0.39, 0.29) is 5.92 Å². The minimum absolute atomic E-state index is 0.236. The van der Waals surface area contributed by atoms with Crippen molar-refractivity contribution >= 4 is 0 Å². The normalized spacial score (nSPS) is 14.5. The van der Waals surface area contributed by atoms with Crippen molar-refractivity contribution in [3.8, 4) is 11.4 Å². The molecule has 0 saturated heterocycles. The molecule has 0 aromatic carbocycles. The number of rotatable bonds is 7. The van der Waals surface area contributed by atoms with Gasteiger partial charge in [-0.3, -0.25) is 0 Å². The average molecular weight is 263 g/mol.